The van der Waals surface area contributed by atoms with Crippen LogP contribution < -0.4 is 5.73 Å². The lowest BCUT2D eigenvalue weighted by Crippen LogP contribution is -2.53. The molecular weight excluding hydrogens is 306 g/mol. The standard InChI is InChI=1S/C17H25N5O2/c18-16(23)11-21-7-2-1-3-13-10-22(8-6-15(13)21)17(24)5-4-14-9-19-12-20-14/h4-5,9,12-13,15H,1-3,6-8,10-11H2,(H2,18,23)(H,19,20)/b5-4+/t13-,15+/m0/s1. The van der Waals surface area contributed by atoms with Crippen molar-refractivity contribution in [2.45, 2.75) is 31.7 Å². The Hall–Kier alpha value is -2.15. The Balaban J connectivity index is 1.62. The maximum atomic E-state index is 12.4. The van der Waals surface area contributed by atoms with Gasteiger partial charge in [0.25, 0.3) is 0 Å². The molecule has 2 saturated heterocycles. The van der Waals surface area contributed by atoms with E-state index < -0.39 is 0 Å². The van der Waals surface area contributed by atoms with Crippen molar-refractivity contribution in [2.24, 2.45) is 11.7 Å². The van der Waals surface area contributed by atoms with Gasteiger partial charge in [-0.2, -0.15) is 0 Å². The normalized spacial score (nSPS) is 25.4. The quantitative estimate of drug-likeness (QED) is 0.790. The van der Waals surface area contributed by atoms with Gasteiger partial charge in [-0.1, -0.05) is 6.42 Å². The van der Waals surface area contributed by atoms with E-state index in [2.05, 4.69) is 14.9 Å². The van der Waals surface area contributed by atoms with Crippen LogP contribution in [0.2, 0.25) is 0 Å². The molecule has 7 nitrogen and oxygen atoms in total. The first-order valence-corrected chi connectivity index (χ1v) is 8.61. The molecule has 2 aliphatic heterocycles. The SMILES string of the molecule is NC(=O)CN1CCCC[C@H]2CN(C(=O)/C=C/c3cnc[nH]3)CC[C@H]21. The van der Waals surface area contributed by atoms with E-state index in [1.54, 1.807) is 24.7 Å². The van der Waals surface area contributed by atoms with E-state index in [4.69, 9.17) is 5.73 Å². The van der Waals surface area contributed by atoms with E-state index in [-0.39, 0.29) is 11.8 Å². The molecule has 0 unspecified atom stereocenters. The Bertz CT molecular complexity index is 598. The van der Waals surface area contributed by atoms with Crippen LogP contribution in [-0.4, -0.2) is 63.8 Å². The Labute approximate surface area is 141 Å². The highest BCUT2D eigenvalue weighted by Gasteiger charge is 2.35. The zero-order valence-corrected chi connectivity index (χ0v) is 13.9. The van der Waals surface area contributed by atoms with Crippen LogP contribution in [0.15, 0.2) is 18.6 Å². The van der Waals surface area contributed by atoms with Gasteiger partial charge in [0.15, 0.2) is 0 Å². The molecule has 0 bridgehead atoms. The topological polar surface area (TPSA) is 95.3 Å². The molecule has 7 heteroatoms. The number of nitrogens with zero attached hydrogens (tertiary/aromatic N) is 3. The smallest absolute Gasteiger partial charge is 0.246 e. The second-order valence-corrected chi connectivity index (χ2v) is 6.67. The molecule has 130 valence electrons. The van der Waals surface area contributed by atoms with Crippen LogP contribution in [-0.2, 0) is 9.59 Å². The first kappa shape index (κ1) is 16.7. The van der Waals surface area contributed by atoms with E-state index in [0.717, 1.165) is 51.0 Å². The molecule has 0 radical (unpaired) electrons. The number of primary amides is 1. The van der Waals surface area contributed by atoms with E-state index in [1.807, 2.05) is 4.90 Å². The molecule has 3 heterocycles. The Kier molecular flexibility index (Phi) is 5.30. The van der Waals surface area contributed by atoms with Crippen LogP contribution in [0.5, 0.6) is 0 Å². The number of imidazole rings is 1. The van der Waals surface area contributed by atoms with Gasteiger partial charge in [-0.25, -0.2) is 4.98 Å². The number of aromatic nitrogens is 2. The number of H-pyrrole nitrogens is 1. The zero-order valence-electron chi connectivity index (χ0n) is 13.9. The monoisotopic (exact) mass is 331 g/mol. The second kappa shape index (κ2) is 7.61. The van der Waals surface area contributed by atoms with Crippen molar-refractivity contribution in [2.75, 3.05) is 26.2 Å². The van der Waals surface area contributed by atoms with E-state index in [9.17, 15) is 9.59 Å². The molecule has 0 aromatic carbocycles. The molecule has 1 aromatic rings. The third kappa shape index (κ3) is 4.03. The predicted octanol–water partition coefficient (Wildman–Crippen LogP) is 0.611. The molecule has 1 aromatic heterocycles. The predicted molar refractivity (Wildman–Crippen MR) is 90.7 cm³/mol. The number of aromatic amines is 1. The number of rotatable bonds is 4. The van der Waals surface area contributed by atoms with Crippen molar-refractivity contribution >= 4 is 17.9 Å². The minimum atomic E-state index is -0.267. The molecular formula is C17H25N5O2. The molecule has 3 rings (SSSR count). The fourth-order valence-electron chi connectivity index (χ4n) is 3.89. The summed E-state index contributed by atoms with van der Waals surface area (Å²) in [5.74, 6) is 0.190. The average Bonchev–Trinajstić information content (AvgIpc) is 3.01. The van der Waals surface area contributed by atoms with Gasteiger partial charge in [-0.3, -0.25) is 14.5 Å². The van der Waals surface area contributed by atoms with Crippen molar-refractivity contribution in [3.8, 4) is 0 Å². The number of carbonyl (C=O) groups is 2. The van der Waals surface area contributed by atoms with Crippen molar-refractivity contribution in [3.05, 3.63) is 24.3 Å². The maximum Gasteiger partial charge on any atom is 0.246 e. The second-order valence-electron chi connectivity index (χ2n) is 6.67. The van der Waals surface area contributed by atoms with E-state index in [1.165, 1.54) is 0 Å². The van der Waals surface area contributed by atoms with Crippen LogP contribution in [0.1, 0.15) is 31.4 Å². The van der Waals surface area contributed by atoms with Gasteiger partial charge in [-0.05, 0) is 37.8 Å². The summed E-state index contributed by atoms with van der Waals surface area (Å²) in [6, 6.07) is 0.362. The van der Waals surface area contributed by atoms with Gasteiger partial charge in [-0.15, -0.1) is 0 Å². The lowest BCUT2D eigenvalue weighted by molar-refractivity contribution is -0.129. The van der Waals surface area contributed by atoms with Crippen molar-refractivity contribution < 1.29 is 9.59 Å². The summed E-state index contributed by atoms with van der Waals surface area (Å²) in [6.45, 7) is 2.74. The highest BCUT2D eigenvalue weighted by atomic mass is 16.2. The Morgan fingerprint density at radius 2 is 2.21 bits per heavy atom. The number of hydrogen-bond donors (Lipinski definition) is 2. The molecule has 0 spiro atoms. The maximum absolute atomic E-state index is 12.4. The Morgan fingerprint density at radius 3 is 2.96 bits per heavy atom. The molecule has 2 aliphatic rings. The lowest BCUT2D eigenvalue weighted by atomic mass is 9.88. The first-order valence-electron chi connectivity index (χ1n) is 8.61. The van der Waals surface area contributed by atoms with Gasteiger partial charge in [0.2, 0.25) is 11.8 Å². The molecule has 3 N–H and O–H groups in total. The van der Waals surface area contributed by atoms with Crippen LogP contribution in [0.3, 0.4) is 0 Å². The summed E-state index contributed by atoms with van der Waals surface area (Å²) in [7, 11) is 0. The number of nitrogens with one attached hydrogen (secondary N) is 1. The van der Waals surface area contributed by atoms with Gasteiger partial charge in [0.1, 0.15) is 0 Å². The highest BCUT2D eigenvalue weighted by molar-refractivity contribution is 5.91. The summed E-state index contributed by atoms with van der Waals surface area (Å²) < 4.78 is 0. The number of amides is 2. The van der Waals surface area contributed by atoms with Crippen LogP contribution >= 0.6 is 0 Å². The van der Waals surface area contributed by atoms with Crippen LogP contribution in [0, 0.1) is 5.92 Å². The Morgan fingerprint density at radius 1 is 1.33 bits per heavy atom. The van der Waals surface area contributed by atoms with Gasteiger partial charge in [0, 0.05) is 25.2 Å². The largest absolute Gasteiger partial charge is 0.369 e. The van der Waals surface area contributed by atoms with Crippen LogP contribution in [0.4, 0.5) is 0 Å². The lowest BCUT2D eigenvalue weighted by Gasteiger charge is -2.42. The number of piperidine rings is 1. The minimum Gasteiger partial charge on any atom is -0.369 e. The van der Waals surface area contributed by atoms with Crippen LogP contribution in [0.25, 0.3) is 6.08 Å². The zero-order chi connectivity index (χ0) is 16.9. The summed E-state index contributed by atoms with van der Waals surface area (Å²) in [5, 5.41) is 0. The fraction of sp³-hybridized carbons (Fsp3) is 0.588. The third-order valence-corrected chi connectivity index (χ3v) is 5.03. The van der Waals surface area contributed by atoms with Crippen molar-refractivity contribution in [3.63, 3.8) is 0 Å². The highest BCUT2D eigenvalue weighted by Crippen LogP contribution is 2.29. The third-order valence-electron chi connectivity index (χ3n) is 5.03. The van der Waals surface area contributed by atoms with Gasteiger partial charge < -0.3 is 15.6 Å². The molecule has 24 heavy (non-hydrogen) atoms. The molecule has 2 fully saturated rings. The molecule has 0 saturated carbocycles. The average molecular weight is 331 g/mol. The minimum absolute atomic E-state index is 0.0359. The molecule has 2 amide bonds. The number of likely N-dealkylation sites (tertiary alicyclic amines) is 2. The first-order chi connectivity index (χ1) is 11.6. The number of fused-ring (bicyclic) bond motifs is 1. The van der Waals surface area contributed by atoms with Gasteiger partial charge in [0.05, 0.1) is 24.8 Å². The summed E-state index contributed by atoms with van der Waals surface area (Å²) in [5.41, 5.74) is 6.22. The summed E-state index contributed by atoms with van der Waals surface area (Å²) in [6.07, 6.45) is 10.9. The number of nitrogens with two attached hydrogens (primary N) is 1. The van der Waals surface area contributed by atoms with Gasteiger partial charge >= 0.3 is 0 Å². The number of carbonyl (C=O) groups excluding carboxylic acids is 2. The van der Waals surface area contributed by atoms with E-state index >= 15 is 0 Å². The van der Waals surface area contributed by atoms with Crippen molar-refractivity contribution in [1.82, 2.24) is 19.8 Å². The molecule has 0 aliphatic carbocycles. The summed E-state index contributed by atoms with van der Waals surface area (Å²) >= 11 is 0. The molecule has 2 atom stereocenters. The number of hydrogen-bond acceptors (Lipinski definition) is 4. The van der Waals surface area contributed by atoms with Crippen molar-refractivity contribution in [1.29, 1.82) is 0 Å². The summed E-state index contributed by atoms with van der Waals surface area (Å²) in [4.78, 5) is 34.8. The van der Waals surface area contributed by atoms with E-state index in [0.29, 0.717) is 18.5 Å². The fourth-order valence-corrected chi connectivity index (χ4v) is 3.89.